The van der Waals surface area contributed by atoms with Crippen LogP contribution >= 0.6 is 15.9 Å². The number of nitrogens with one attached hydrogen (secondary N) is 1. The van der Waals surface area contributed by atoms with E-state index in [1.807, 2.05) is 0 Å². The van der Waals surface area contributed by atoms with E-state index < -0.39 is 10.7 Å². The summed E-state index contributed by atoms with van der Waals surface area (Å²) in [5, 5.41) is 13.2. The monoisotopic (exact) mass is 272 g/mol. The summed E-state index contributed by atoms with van der Waals surface area (Å²) in [5.41, 5.74) is -0.155. The smallest absolute Gasteiger partial charge is 0.295 e. The molecule has 4 nitrogen and oxygen atoms in total. The Kier molecular flexibility index (Phi) is 3.63. The highest BCUT2D eigenvalue weighted by Crippen LogP contribution is 2.30. The van der Waals surface area contributed by atoms with E-state index in [1.165, 1.54) is 6.07 Å². The minimum absolute atomic E-state index is 0.138. The molecule has 6 heteroatoms. The topological polar surface area (TPSA) is 55.2 Å². The number of halogens is 2. The maximum Gasteiger partial charge on any atom is 0.295 e. The van der Waals surface area contributed by atoms with Crippen molar-refractivity contribution < 1.29 is 9.31 Å². The number of nitro benzene ring substituents is 1. The number of nitrogens with zero attached hydrogens (tertiary/aromatic N) is 1. The number of nitro groups is 1. The van der Waals surface area contributed by atoms with Gasteiger partial charge in [-0.3, -0.25) is 10.1 Å². The average Bonchev–Trinajstić information content (AvgIpc) is 2.19. The highest BCUT2D eigenvalue weighted by Gasteiger charge is 2.16. The summed E-state index contributed by atoms with van der Waals surface area (Å²) in [6, 6.07) is 2.12. The summed E-state index contributed by atoms with van der Waals surface area (Å²) in [4.78, 5) is 9.91. The van der Waals surface area contributed by atoms with Crippen molar-refractivity contribution in [1.82, 2.24) is 0 Å². The lowest BCUT2D eigenvalue weighted by molar-refractivity contribution is -0.384. The molecule has 1 rings (SSSR count). The van der Waals surface area contributed by atoms with Gasteiger partial charge in [-0.1, -0.05) is 5.92 Å². The summed E-state index contributed by atoms with van der Waals surface area (Å²) in [7, 11) is 0. The number of terminal acetylenes is 1. The molecular formula is C9H6BrFN2O2. The molecule has 0 saturated carbocycles. The van der Waals surface area contributed by atoms with Crippen LogP contribution in [0.1, 0.15) is 0 Å². The Balaban J connectivity index is 3.17. The molecule has 0 unspecified atom stereocenters. The predicted molar refractivity (Wildman–Crippen MR) is 58.1 cm³/mol. The molecule has 0 radical (unpaired) electrons. The zero-order valence-electron chi connectivity index (χ0n) is 7.46. The summed E-state index contributed by atoms with van der Waals surface area (Å²) >= 11 is 2.93. The van der Waals surface area contributed by atoms with Gasteiger partial charge in [-0.25, -0.2) is 4.39 Å². The van der Waals surface area contributed by atoms with Crippen molar-refractivity contribution in [3.63, 3.8) is 0 Å². The van der Waals surface area contributed by atoms with Crippen molar-refractivity contribution in [2.24, 2.45) is 0 Å². The summed E-state index contributed by atoms with van der Waals surface area (Å²) in [6.07, 6.45) is 5.00. The third-order valence-corrected chi connectivity index (χ3v) is 2.22. The van der Waals surface area contributed by atoms with Crippen LogP contribution in [0.15, 0.2) is 16.6 Å². The van der Waals surface area contributed by atoms with Crippen LogP contribution in [0.25, 0.3) is 0 Å². The van der Waals surface area contributed by atoms with Gasteiger partial charge in [0.05, 0.1) is 22.0 Å². The summed E-state index contributed by atoms with van der Waals surface area (Å²) in [5.74, 6) is 1.59. The lowest BCUT2D eigenvalue weighted by Crippen LogP contribution is -2.03. The molecule has 78 valence electrons. The van der Waals surface area contributed by atoms with E-state index >= 15 is 0 Å². The summed E-state index contributed by atoms with van der Waals surface area (Å²) in [6.45, 7) is 0.138. The maximum atomic E-state index is 13.0. The number of hydrogen-bond donors (Lipinski definition) is 1. The van der Waals surface area contributed by atoms with Gasteiger partial charge in [-0.05, 0) is 22.0 Å². The fourth-order valence-corrected chi connectivity index (χ4v) is 1.32. The number of hydrogen-bond acceptors (Lipinski definition) is 3. The first-order valence-electron chi connectivity index (χ1n) is 3.87. The van der Waals surface area contributed by atoms with Crippen LogP contribution in [-0.2, 0) is 0 Å². The Morgan fingerprint density at radius 1 is 1.67 bits per heavy atom. The Hall–Kier alpha value is -1.61. The van der Waals surface area contributed by atoms with Gasteiger partial charge in [0.2, 0.25) is 0 Å². The normalized spacial score (nSPS) is 9.40. The van der Waals surface area contributed by atoms with Gasteiger partial charge in [0.1, 0.15) is 11.5 Å². The van der Waals surface area contributed by atoms with E-state index in [2.05, 4.69) is 27.2 Å². The molecule has 0 amide bonds. The molecule has 0 fully saturated rings. The molecule has 0 aliphatic carbocycles. The minimum Gasteiger partial charge on any atom is -0.369 e. The molecule has 15 heavy (non-hydrogen) atoms. The van der Waals surface area contributed by atoms with E-state index in [0.717, 1.165) is 6.07 Å². The molecule has 0 spiro atoms. The van der Waals surface area contributed by atoms with Crippen molar-refractivity contribution in [2.75, 3.05) is 11.9 Å². The predicted octanol–water partition coefficient (Wildman–Crippen LogP) is 2.54. The fourth-order valence-electron chi connectivity index (χ4n) is 0.975. The lowest BCUT2D eigenvalue weighted by atomic mass is 10.2. The van der Waals surface area contributed by atoms with Gasteiger partial charge in [-0.2, -0.15) is 0 Å². The van der Waals surface area contributed by atoms with Crippen molar-refractivity contribution in [3.8, 4) is 12.3 Å². The van der Waals surface area contributed by atoms with Crippen LogP contribution in [0, 0.1) is 28.3 Å². The van der Waals surface area contributed by atoms with Crippen LogP contribution in [0.3, 0.4) is 0 Å². The molecule has 0 aliphatic rings. The first-order valence-corrected chi connectivity index (χ1v) is 4.66. The average molecular weight is 273 g/mol. The molecule has 0 aliphatic heterocycles. The highest BCUT2D eigenvalue weighted by atomic mass is 79.9. The SMILES string of the molecule is C#CCNc1cc(Br)c(F)cc1[N+](=O)[O-]. The van der Waals surface area contributed by atoms with Crippen molar-refractivity contribution in [3.05, 3.63) is 32.5 Å². The Morgan fingerprint density at radius 2 is 2.33 bits per heavy atom. The fraction of sp³-hybridized carbons (Fsp3) is 0.111. The molecule has 0 saturated heterocycles. The second-order valence-corrected chi connectivity index (χ2v) is 3.45. The van der Waals surface area contributed by atoms with E-state index in [-0.39, 0.29) is 22.4 Å². The van der Waals surface area contributed by atoms with E-state index in [9.17, 15) is 14.5 Å². The largest absolute Gasteiger partial charge is 0.369 e. The second-order valence-electron chi connectivity index (χ2n) is 2.60. The zero-order chi connectivity index (χ0) is 11.4. The van der Waals surface area contributed by atoms with Gasteiger partial charge in [0.15, 0.2) is 0 Å². The minimum atomic E-state index is -0.687. The Labute approximate surface area is 93.8 Å². The van der Waals surface area contributed by atoms with Gasteiger partial charge < -0.3 is 5.32 Å². The highest BCUT2D eigenvalue weighted by molar-refractivity contribution is 9.10. The van der Waals surface area contributed by atoms with E-state index in [1.54, 1.807) is 0 Å². The summed E-state index contributed by atoms with van der Waals surface area (Å²) < 4.78 is 13.2. The van der Waals surface area contributed by atoms with Gasteiger partial charge in [0, 0.05) is 0 Å². The number of benzene rings is 1. The van der Waals surface area contributed by atoms with Crippen LogP contribution in [-0.4, -0.2) is 11.5 Å². The van der Waals surface area contributed by atoms with Gasteiger partial charge >= 0.3 is 0 Å². The first kappa shape index (κ1) is 11.5. The third-order valence-electron chi connectivity index (χ3n) is 1.62. The molecular weight excluding hydrogens is 267 g/mol. The van der Waals surface area contributed by atoms with Crippen molar-refractivity contribution in [2.45, 2.75) is 0 Å². The Bertz CT molecular complexity index is 442. The van der Waals surface area contributed by atoms with Crippen molar-refractivity contribution in [1.29, 1.82) is 0 Å². The number of rotatable bonds is 3. The second kappa shape index (κ2) is 4.75. The quantitative estimate of drug-likeness (QED) is 0.523. The standard InChI is InChI=1S/C9H6BrFN2O2/c1-2-3-12-8-4-6(10)7(11)5-9(8)13(14)15/h1,4-5,12H,3H2. The Morgan fingerprint density at radius 3 is 2.87 bits per heavy atom. The zero-order valence-corrected chi connectivity index (χ0v) is 9.04. The lowest BCUT2D eigenvalue weighted by Gasteiger charge is -2.04. The van der Waals surface area contributed by atoms with Gasteiger partial charge in [-0.15, -0.1) is 6.42 Å². The number of anilines is 1. The van der Waals surface area contributed by atoms with Crippen LogP contribution in [0.4, 0.5) is 15.8 Å². The molecule has 1 N–H and O–H groups in total. The van der Waals surface area contributed by atoms with Crippen LogP contribution in [0.2, 0.25) is 0 Å². The van der Waals surface area contributed by atoms with Crippen molar-refractivity contribution >= 4 is 27.3 Å². The maximum absolute atomic E-state index is 13.0. The third kappa shape index (κ3) is 2.67. The molecule has 0 aromatic heterocycles. The van der Waals surface area contributed by atoms with E-state index in [4.69, 9.17) is 6.42 Å². The molecule has 0 bridgehead atoms. The van der Waals surface area contributed by atoms with Crippen LogP contribution < -0.4 is 5.32 Å². The molecule has 1 aromatic rings. The molecule has 0 atom stereocenters. The molecule has 1 aromatic carbocycles. The van der Waals surface area contributed by atoms with E-state index in [0.29, 0.717) is 0 Å². The first-order chi connectivity index (χ1) is 7.06. The van der Waals surface area contributed by atoms with Gasteiger partial charge in [0.25, 0.3) is 5.69 Å². The molecule has 0 heterocycles. The van der Waals surface area contributed by atoms with Crippen LogP contribution in [0.5, 0.6) is 0 Å².